The van der Waals surface area contributed by atoms with Crippen molar-refractivity contribution in [2.24, 2.45) is 22.7 Å². The smallest absolute Gasteiger partial charge is 0.308 e. The van der Waals surface area contributed by atoms with Crippen molar-refractivity contribution in [1.82, 2.24) is 5.32 Å². The zero-order chi connectivity index (χ0) is 16.8. The summed E-state index contributed by atoms with van der Waals surface area (Å²) in [6.07, 6.45) is 5.32. The van der Waals surface area contributed by atoms with E-state index in [1.165, 1.54) is 6.42 Å². The Kier molecular flexibility index (Phi) is 7.37. The Labute approximate surface area is 137 Å². The van der Waals surface area contributed by atoms with Gasteiger partial charge < -0.3 is 10.1 Å². The first-order chi connectivity index (χ1) is 10.1. The molecule has 1 rings (SSSR count). The summed E-state index contributed by atoms with van der Waals surface area (Å²) in [4.78, 5) is 12.0. The van der Waals surface area contributed by atoms with Crippen LogP contribution in [0.25, 0.3) is 0 Å². The molecule has 3 heteroatoms. The maximum atomic E-state index is 12.0. The van der Waals surface area contributed by atoms with Crippen LogP contribution >= 0.6 is 0 Å². The van der Waals surface area contributed by atoms with E-state index in [-0.39, 0.29) is 11.9 Å². The van der Waals surface area contributed by atoms with Gasteiger partial charge in [-0.05, 0) is 55.4 Å². The van der Waals surface area contributed by atoms with E-state index in [1.54, 1.807) is 0 Å². The summed E-state index contributed by atoms with van der Waals surface area (Å²) in [7, 11) is 0. The Morgan fingerprint density at radius 2 is 1.77 bits per heavy atom. The van der Waals surface area contributed by atoms with Gasteiger partial charge in [-0.3, -0.25) is 4.79 Å². The van der Waals surface area contributed by atoms with E-state index in [0.717, 1.165) is 38.8 Å². The molecular weight excluding hydrogens is 274 g/mol. The molecule has 1 saturated heterocycles. The average Bonchev–Trinajstić information content (AvgIpc) is 2.33. The molecule has 0 aromatic carbocycles. The molecule has 1 fully saturated rings. The summed E-state index contributed by atoms with van der Waals surface area (Å²) in [6, 6.07) is 0. The predicted octanol–water partition coefficient (Wildman–Crippen LogP) is 4.41. The third kappa shape index (κ3) is 7.62. The van der Waals surface area contributed by atoms with Crippen molar-refractivity contribution >= 4 is 5.97 Å². The molecule has 0 spiro atoms. The maximum absolute atomic E-state index is 12.0. The van der Waals surface area contributed by atoms with E-state index >= 15 is 0 Å². The van der Waals surface area contributed by atoms with Crippen molar-refractivity contribution in [2.45, 2.75) is 73.6 Å². The van der Waals surface area contributed by atoms with Gasteiger partial charge in [-0.2, -0.15) is 0 Å². The summed E-state index contributed by atoms with van der Waals surface area (Å²) in [5.74, 6) is 0.543. The van der Waals surface area contributed by atoms with E-state index in [4.69, 9.17) is 4.74 Å². The molecule has 0 bridgehead atoms. The lowest BCUT2D eigenvalue weighted by Gasteiger charge is -2.37. The zero-order valence-corrected chi connectivity index (χ0v) is 15.6. The zero-order valence-electron chi connectivity index (χ0n) is 15.6. The van der Waals surface area contributed by atoms with Gasteiger partial charge in [-0.25, -0.2) is 0 Å². The van der Waals surface area contributed by atoms with Crippen molar-refractivity contribution in [1.29, 1.82) is 0 Å². The number of carbonyl (C=O) groups excluding carboxylic acids is 1. The van der Waals surface area contributed by atoms with Crippen LogP contribution in [0, 0.1) is 22.7 Å². The SMILES string of the molecule is CC1CC(C)C(=O)OCCCCNCC(C)(C)CC(C)(C)C1. The summed E-state index contributed by atoms with van der Waals surface area (Å²) in [5, 5.41) is 3.57. The summed E-state index contributed by atoms with van der Waals surface area (Å²) >= 11 is 0. The van der Waals surface area contributed by atoms with Gasteiger partial charge in [0.05, 0.1) is 12.5 Å². The molecule has 130 valence electrons. The molecule has 0 aromatic rings. The summed E-state index contributed by atoms with van der Waals surface area (Å²) in [6.45, 7) is 16.4. The van der Waals surface area contributed by atoms with Gasteiger partial charge >= 0.3 is 5.97 Å². The molecule has 0 aliphatic carbocycles. The van der Waals surface area contributed by atoms with Gasteiger partial charge in [0, 0.05) is 6.54 Å². The minimum atomic E-state index is -0.0205. The Bertz CT molecular complexity index is 349. The molecule has 3 nitrogen and oxygen atoms in total. The van der Waals surface area contributed by atoms with Crippen LogP contribution in [0.4, 0.5) is 0 Å². The van der Waals surface area contributed by atoms with Gasteiger partial charge in [0.15, 0.2) is 0 Å². The fourth-order valence-corrected chi connectivity index (χ4v) is 4.25. The highest BCUT2D eigenvalue weighted by Crippen LogP contribution is 2.39. The molecule has 2 atom stereocenters. The van der Waals surface area contributed by atoms with Crippen molar-refractivity contribution < 1.29 is 9.53 Å². The molecule has 1 aliphatic heterocycles. The van der Waals surface area contributed by atoms with Crippen LogP contribution in [0.5, 0.6) is 0 Å². The summed E-state index contributed by atoms with van der Waals surface area (Å²) < 4.78 is 5.40. The van der Waals surface area contributed by atoms with Gasteiger partial charge in [0.25, 0.3) is 0 Å². The third-order valence-corrected chi connectivity index (χ3v) is 4.61. The van der Waals surface area contributed by atoms with E-state index in [1.807, 2.05) is 6.92 Å². The van der Waals surface area contributed by atoms with Crippen molar-refractivity contribution in [3.63, 3.8) is 0 Å². The highest BCUT2D eigenvalue weighted by molar-refractivity contribution is 5.71. The number of rotatable bonds is 0. The minimum Gasteiger partial charge on any atom is -0.465 e. The lowest BCUT2D eigenvalue weighted by atomic mass is 9.70. The number of cyclic esters (lactones) is 1. The van der Waals surface area contributed by atoms with Gasteiger partial charge in [-0.1, -0.05) is 41.5 Å². The van der Waals surface area contributed by atoms with Crippen LogP contribution in [0.15, 0.2) is 0 Å². The largest absolute Gasteiger partial charge is 0.465 e. The first kappa shape index (κ1) is 19.5. The third-order valence-electron chi connectivity index (χ3n) is 4.61. The van der Waals surface area contributed by atoms with Crippen LogP contribution in [-0.2, 0) is 9.53 Å². The Morgan fingerprint density at radius 1 is 1.09 bits per heavy atom. The molecule has 2 unspecified atom stereocenters. The van der Waals surface area contributed by atoms with Crippen LogP contribution in [0.1, 0.15) is 73.6 Å². The summed E-state index contributed by atoms with van der Waals surface area (Å²) in [5.41, 5.74) is 0.607. The molecule has 0 radical (unpaired) electrons. The van der Waals surface area contributed by atoms with E-state index in [9.17, 15) is 4.79 Å². The lowest BCUT2D eigenvalue weighted by molar-refractivity contribution is -0.148. The standard InChI is InChI=1S/C19H37NO2/c1-15-11-16(2)17(21)22-10-8-7-9-20-14-19(5,6)13-18(3,4)12-15/h15-16,20H,7-14H2,1-6H3. The molecule has 0 saturated carbocycles. The number of hydrogen-bond donors (Lipinski definition) is 1. The highest BCUT2D eigenvalue weighted by Gasteiger charge is 2.31. The Hall–Kier alpha value is -0.570. The quantitative estimate of drug-likeness (QED) is 0.674. The number of carbonyl (C=O) groups is 1. The Balaban J connectivity index is 2.72. The second kappa shape index (κ2) is 8.33. The number of esters is 1. The number of nitrogens with one attached hydrogen (secondary N) is 1. The predicted molar refractivity (Wildman–Crippen MR) is 92.8 cm³/mol. The Morgan fingerprint density at radius 3 is 2.45 bits per heavy atom. The molecule has 1 N–H and O–H groups in total. The minimum absolute atomic E-state index is 0.0158. The monoisotopic (exact) mass is 311 g/mol. The number of ether oxygens (including phenoxy) is 1. The molecular formula is C19H37NO2. The second-order valence-corrected chi connectivity index (χ2v) is 9.00. The van der Waals surface area contributed by atoms with E-state index in [2.05, 4.69) is 39.9 Å². The molecule has 0 amide bonds. The van der Waals surface area contributed by atoms with Crippen LogP contribution < -0.4 is 5.32 Å². The molecule has 22 heavy (non-hydrogen) atoms. The first-order valence-electron chi connectivity index (χ1n) is 8.99. The first-order valence-corrected chi connectivity index (χ1v) is 8.99. The topological polar surface area (TPSA) is 38.3 Å². The highest BCUT2D eigenvalue weighted by atomic mass is 16.5. The van der Waals surface area contributed by atoms with Crippen LogP contribution in [0.3, 0.4) is 0 Å². The average molecular weight is 312 g/mol. The lowest BCUT2D eigenvalue weighted by Crippen LogP contribution is -2.34. The molecule has 0 aromatic heterocycles. The van der Waals surface area contributed by atoms with Crippen molar-refractivity contribution in [2.75, 3.05) is 19.7 Å². The second-order valence-electron chi connectivity index (χ2n) is 9.00. The fraction of sp³-hybridized carbons (Fsp3) is 0.947. The van der Waals surface area contributed by atoms with Gasteiger partial charge in [0.1, 0.15) is 0 Å². The number of hydrogen-bond acceptors (Lipinski definition) is 3. The van der Waals surface area contributed by atoms with Gasteiger partial charge in [0.2, 0.25) is 0 Å². The van der Waals surface area contributed by atoms with Crippen molar-refractivity contribution in [3.05, 3.63) is 0 Å². The van der Waals surface area contributed by atoms with E-state index in [0.29, 0.717) is 23.4 Å². The maximum Gasteiger partial charge on any atom is 0.308 e. The van der Waals surface area contributed by atoms with Crippen LogP contribution in [-0.4, -0.2) is 25.7 Å². The normalized spacial score (nSPS) is 31.6. The fourth-order valence-electron chi connectivity index (χ4n) is 4.25. The molecule has 1 aliphatic rings. The van der Waals surface area contributed by atoms with Crippen LogP contribution in [0.2, 0.25) is 0 Å². The van der Waals surface area contributed by atoms with E-state index < -0.39 is 0 Å². The van der Waals surface area contributed by atoms with Gasteiger partial charge in [-0.15, -0.1) is 0 Å². The van der Waals surface area contributed by atoms with Crippen molar-refractivity contribution in [3.8, 4) is 0 Å². The molecule has 1 heterocycles.